The van der Waals surface area contributed by atoms with Crippen molar-refractivity contribution in [2.24, 2.45) is 0 Å². The molecule has 1 aromatic carbocycles. The minimum atomic E-state index is -0.461. The summed E-state index contributed by atoms with van der Waals surface area (Å²) in [5.74, 6) is -0.106. The molecule has 0 saturated carbocycles. The van der Waals surface area contributed by atoms with Gasteiger partial charge in [0, 0.05) is 19.1 Å². The van der Waals surface area contributed by atoms with Crippen LogP contribution in [0.1, 0.15) is 31.9 Å². The maximum absolute atomic E-state index is 11.8. The van der Waals surface area contributed by atoms with E-state index in [2.05, 4.69) is 62.0 Å². The van der Waals surface area contributed by atoms with Crippen LogP contribution in [0.5, 0.6) is 0 Å². The van der Waals surface area contributed by atoms with Crippen molar-refractivity contribution in [2.75, 3.05) is 13.7 Å². The zero-order valence-corrected chi connectivity index (χ0v) is 14.1. The summed E-state index contributed by atoms with van der Waals surface area (Å²) in [5, 5.41) is 2.88. The van der Waals surface area contributed by atoms with Crippen LogP contribution in [0.15, 0.2) is 36.9 Å². The Balaban J connectivity index is 2.44. The van der Waals surface area contributed by atoms with Gasteiger partial charge in [-0.3, -0.25) is 9.69 Å². The van der Waals surface area contributed by atoms with E-state index in [-0.39, 0.29) is 5.91 Å². The van der Waals surface area contributed by atoms with Gasteiger partial charge in [0.15, 0.2) is 0 Å². The highest BCUT2D eigenvalue weighted by Gasteiger charge is 2.12. The molecule has 4 nitrogen and oxygen atoms in total. The summed E-state index contributed by atoms with van der Waals surface area (Å²) < 4.78 is 5.29. The molecule has 0 radical (unpaired) electrons. The van der Waals surface area contributed by atoms with Crippen LogP contribution in [0.2, 0.25) is 0 Å². The van der Waals surface area contributed by atoms with E-state index in [1.165, 1.54) is 5.56 Å². The molecule has 1 rings (SSSR count). The van der Waals surface area contributed by atoms with Gasteiger partial charge >= 0.3 is 0 Å². The van der Waals surface area contributed by atoms with Crippen LogP contribution in [-0.4, -0.2) is 36.6 Å². The van der Waals surface area contributed by atoms with Crippen LogP contribution in [-0.2, 0) is 22.6 Å². The van der Waals surface area contributed by atoms with E-state index in [0.717, 1.165) is 12.1 Å². The smallest absolute Gasteiger partial charge is 0.249 e. The van der Waals surface area contributed by atoms with Crippen molar-refractivity contribution in [2.45, 2.75) is 46.0 Å². The highest BCUT2D eigenvalue weighted by atomic mass is 16.5. The first-order valence-corrected chi connectivity index (χ1v) is 7.72. The van der Waals surface area contributed by atoms with Crippen LogP contribution in [0.3, 0.4) is 0 Å². The Bertz CT molecular complexity index is 468. The van der Waals surface area contributed by atoms with E-state index in [9.17, 15) is 4.79 Å². The van der Waals surface area contributed by atoms with Gasteiger partial charge in [-0.05, 0) is 38.9 Å². The summed E-state index contributed by atoms with van der Waals surface area (Å²) in [5.41, 5.74) is 2.36. The summed E-state index contributed by atoms with van der Waals surface area (Å²) in [7, 11) is 2.11. The molecular weight excluding hydrogens is 276 g/mol. The SMILES string of the molecule is C=CCOC(C)C(=O)NCc1ccc(CN(C)C(C)C)cc1. The van der Waals surface area contributed by atoms with Crippen LogP contribution in [0.25, 0.3) is 0 Å². The average molecular weight is 304 g/mol. The number of ether oxygens (including phenoxy) is 1. The third-order valence-electron chi connectivity index (χ3n) is 3.64. The Labute approximate surface area is 134 Å². The number of rotatable bonds is 9. The van der Waals surface area contributed by atoms with Crippen molar-refractivity contribution in [3.63, 3.8) is 0 Å². The molecule has 0 aromatic heterocycles. The van der Waals surface area contributed by atoms with E-state index in [4.69, 9.17) is 4.74 Å². The Morgan fingerprint density at radius 2 is 1.86 bits per heavy atom. The minimum Gasteiger partial charge on any atom is -0.365 e. The lowest BCUT2D eigenvalue weighted by atomic mass is 10.1. The predicted octanol–water partition coefficient (Wildman–Crippen LogP) is 2.73. The van der Waals surface area contributed by atoms with Gasteiger partial charge in [-0.15, -0.1) is 6.58 Å². The number of benzene rings is 1. The lowest BCUT2D eigenvalue weighted by Gasteiger charge is -2.21. The maximum atomic E-state index is 11.8. The first-order chi connectivity index (χ1) is 10.4. The maximum Gasteiger partial charge on any atom is 0.249 e. The van der Waals surface area contributed by atoms with Crippen molar-refractivity contribution in [1.29, 1.82) is 0 Å². The Hall–Kier alpha value is -1.65. The topological polar surface area (TPSA) is 41.6 Å². The highest BCUT2D eigenvalue weighted by Crippen LogP contribution is 2.08. The summed E-state index contributed by atoms with van der Waals surface area (Å²) in [6.45, 7) is 11.5. The van der Waals surface area contributed by atoms with Gasteiger partial charge in [0.05, 0.1) is 6.61 Å². The minimum absolute atomic E-state index is 0.106. The highest BCUT2D eigenvalue weighted by molar-refractivity contribution is 5.80. The van der Waals surface area contributed by atoms with Gasteiger partial charge in [-0.1, -0.05) is 30.3 Å². The number of carbonyl (C=O) groups excluding carboxylic acids is 1. The van der Waals surface area contributed by atoms with Crippen molar-refractivity contribution in [1.82, 2.24) is 10.2 Å². The van der Waals surface area contributed by atoms with Crippen molar-refractivity contribution < 1.29 is 9.53 Å². The summed E-state index contributed by atoms with van der Waals surface area (Å²) >= 11 is 0. The molecule has 0 heterocycles. The normalized spacial score (nSPS) is 12.5. The first kappa shape index (κ1) is 18.4. The molecule has 1 N–H and O–H groups in total. The first-order valence-electron chi connectivity index (χ1n) is 7.72. The molecule has 0 saturated heterocycles. The van der Waals surface area contributed by atoms with Gasteiger partial charge in [-0.25, -0.2) is 0 Å². The fourth-order valence-electron chi connectivity index (χ4n) is 1.85. The molecule has 1 atom stereocenters. The average Bonchev–Trinajstić information content (AvgIpc) is 2.51. The van der Waals surface area contributed by atoms with Gasteiger partial charge < -0.3 is 10.1 Å². The molecule has 0 fully saturated rings. The van der Waals surface area contributed by atoms with Crippen LogP contribution in [0.4, 0.5) is 0 Å². The van der Waals surface area contributed by atoms with Gasteiger partial charge in [0.1, 0.15) is 6.10 Å². The zero-order valence-electron chi connectivity index (χ0n) is 14.1. The third kappa shape index (κ3) is 6.41. The van der Waals surface area contributed by atoms with E-state index in [1.54, 1.807) is 13.0 Å². The summed E-state index contributed by atoms with van der Waals surface area (Å²) in [4.78, 5) is 14.1. The molecular formula is C18H28N2O2. The molecule has 1 aromatic rings. The number of nitrogens with zero attached hydrogens (tertiary/aromatic N) is 1. The quantitative estimate of drug-likeness (QED) is 0.713. The Kier molecular flexibility index (Phi) is 7.85. The molecule has 0 bridgehead atoms. The van der Waals surface area contributed by atoms with E-state index < -0.39 is 6.10 Å². The molecule has 22 heavy (non-hydrogen) atoms. The molecule has 1 unspecified atom stereocenters. The van der Waals surface area contributed by atoms with E-state index in [1.807, 2.05) is 0 Å². The molecule has 1 amide bonds. The number of hydrogen-bond acceptors (Lipinski definition) is 3. The second kappa shape index (κ2) is 9.38. The molecule has 0 aliphatic heterocycles. The van der Waals surface area contributed by atoms with Gasteiger partial charge in [-0.2, -0.15) is 0 Å². The molecule has 4 heteroatoms. The van der Waals surface area contributed by atoms with Crippen molar-refractivity contribution in [3.05, 3.63) is 48.0 Å². The standard InChI is InChI=1S/C18H28N2O2/c1-6-11-22-15(4)18(21)19-12-16-7-9-17(10-8-16)13-20(5)14(2)3/h6-10,14-15H,1,11-13H2,2-5H3,(H,19,21). The number of carbonyl (C=O) groups is 1. The lowest BCUT2D eigenvalue weighted by Crippen LogP contribution is -2.34. The summed E-state index contributed by atoms with van der Waals surface area (Å²) in [6.07, 6.45) is 1.17. The molecule has 0 spiro atoms. The van der Waals surface area contributed by atoms with Crippen LogP contribution < -0.4 is 5.32 Å². The van der Waals surface area contributed by atoms with Gasteiger partial charge in [0.25, 0.3) is 0 Å². The van der Waals surface area contributed by atoms with Crippen LogP contribution >= 0.6 is 0 Å². The van der Waals surface area contributed by atoms with Gasteiger partial charge in [0.2, 0.25) is 5.91 Å². The number of amides is 1. The Morgan fingerprint density at radius 1 is 1.27 bits per heavy atom. The zero-order chi connectivity index (χ0) is 16.5. The number of hydrogen-bond donors (Lipinski definition) is 1. The molecule has 0 aliphatic rings. The largest absolute Gasteiger partial charge is 0.365 e. The third-order valence-corrected chi connectivity index (χ3v) is 3.64. The second-order valence-corrected chi connectivity index (χ2v) is 5.81. The predicted molar refractivity (Wildman–Crippen MR) is 90.5 cm³/mol. The second-order valence-electron chi connectivity index (χ2n) is 5.81. The van der Waals surface area contributed by atoms with E-state index in [0.29, 0.717) is 19.2 Å². The fraction of sp³-hybridized carbons (Fsp3) is 0.500. The summed E-state index contributed by atoms with van der Waals surface area (Å²) in [6, 6.07) is 8.85. The fourth-order valence-corrected chi connectivity index (χ4v) is 1.85. The Morgan fingerprint density at radius 3 is 2.41 bits per heavy atom. The van der Waals surface area contributed by atoms with Crippen LogP contribution in [0, 0.1) is 0 Å². The van der Waals surface area contributed by atoms with E-state index >= 15 is 0 Å². The molecule has 122 valence electrons. The number of nitrogens with one attached hydrogen (secondary N) is 1. The van der Waals surface area contributed by atoms with Crippen molar-refractivity contribution >= 4 is 5.91 Å². The monoisotopic (exact) mass is 304 g/mol. The lowest BCUT2D eigenvalue weighted by molar-refractivity contribution is -0.131. The van der Waals surface area contributed by atoms with Crippen molar-refractivity contribution in [3.8, 4) is 0 Å². The molecule has 0 aliphatic carbocycles.